The van der Waals surface area contributed by atoms with Crippen molar-refractivity contribution in [3.63, 3.8) is 0 Å². The number of alkyl carbamates (subject to hydrolysis) is 1. The van der Waals surface area contributed by atoms with Crippen LogP contribution in [-0.2, 0) is 75.3 Å². The van der Waals surface area contributed by atoms with Gasteiger partial charge in [-0.05, 0) is 155 Å². The molecular formula is C97H132FN15O21S. The number of sulfone groups is 1. The van der Waals surface area contributed by atoms with Crippen LogP contribution in [0, 0.1) is 42.3 Å². The number of nitrogen functional groups attached to an aromatic ring is 1. The Morgan fingerprint density at radius 2 is 1.43 bits per heavy atom. The minimum atomic E-state index is -4.27. The molecule has 3 aromatic heterocycles. The Balaban J connectivity index is 0.547. The number of aromatic nitrogens is 5. The van der Waals surface area contributed by atoms with Gasteiger partial charge in [-0.1, -0.05) is 70.2 Å². The van der Waals surface area contributed by atoms with E-state index in [2.05, 4.69) is 40.5 Å². The third-order valence-electron chi connectivity index (χ3n) is 27.0. The van der Waals surface area contributed by atoms with Gasteiger partial charge < -0.3 is 100 Å². The van der Waals surface area contributed by atoms with Crippen LogP contribution in [0.3, 0.4) is 0 Å². The molecule has 10 N–H and O–H groups in total. The number of halogens is 1. The van der Waals surface area contributed by atoms with Crippen molar-refractivity contribution in [1.82, 2.24) is 55.2 Å². The van der Waals surface area contributed by atoms with Crippen molar-refractivity contribution >= 4 is 74.8 Å². The third-order valence-corrected chi connectivity index (χ3v) is 28.8. The van der Waals surface area contributed by atoms with Gasteiger partial charge in [-0.15, -0.1) is 0 Å². The maximum absolute atomic E-state index is 16.0. The number of Topliss-reactive ketones (excluding diaryl/α,β-unsaturated/α-hetero) is 2. The highest BCUT2D eigenvalue weighted by atomic mass is 32.2. The molecule has 5 fully saturated rings. The zero-order valence-corrected chi connectivity index (χ0v) is 79.4. The molecular weight excluding hydrogens is 1760 g/mol. The third kappa shape index (κ3) is 27.0. The van der Waals surface area contributed by atoms with E-state index in [9.17, 15) is 67.2 Å². The summed E-state index contributed by atoms with van der Waals surface area (Å²) in [6, 6.07) is 9.30. The monoisotopic (exact) mass is 1890 g/mol. The molecule has 734 valence electrons. The molecule has 16 atom stereocenters. The predicted molar refractivity (Wildman–Crippen MR) is 498 cm³/mol. The minimum absolute atomic E-state index is 0.000242. The molecule has 5 amide bonds. The SMILES string of the molecule is CO[C@H]1C[C@@H]2CC[C@@H](C)[C@@](O)(O2)C(=O)C(=O)N2CCCC[C@H]2C(=O)O[C@H]([C@H](N)C[C@@H]2CC[C@@H](OC(=O)NCc3cnc(N4CCN(C(=O)CCOCCN5CCN(c6ncc(C(=O)NCCS(=O)(=O)c7ccc(C(=O)N8CCOc9ccc(-c%10ccc(N)nc%10)cc9C8)c(C)c7F)cn6)CC5)CC4)nc3)[C@H](OC)C2)C[C@@H](O)[C@H](C)/C=C(\C)[C@@H](O)[C@@H](O)C(=O)[C@H](C)C[C@H](C)/C=C/C=C/C=C/1C. The lowest BCUT2D eigenvalue weighted by molar-refractivity contribution is -0.265. The number of nitrogens with zero attached hydrogens (tertiary/aromatic N) is 11. The van der Waals surface area contributed by atoms with Gasteiger partial charge in [0.1, 0.15) is 59.3 Å². The van der Waals surface area contributed by atoms with Crippen LogP contribution in [0.1, 0.15) is 162 Å². The van der Waals surface area contributed by atoms with Crippen LogP contribution < -0.4 is 36.6 Å². The molecule has 2 bridgehead atoms. The maximum Gasteiger partial charge on any atom is 0.407 e. The van der Waals surface area contributed by atoms with Crippen molar-refractivity contribution in [2.24, 2.45) is 35.3 Å². The molecule has 0 spiro atoms. The first kappa shape index (κ1) is 103. The number of ketones is 2. The molecule has 1 aliphatic carbocycles. The van der Waals surface area contributed by atoms with Crippen LogP contribution in [0.2, 0.25) is 0 Å². The number of piperazine rings is 2. The van der Waals surface area contributed by atoms with Crippen molar-refractivity contribution in [2.45, 2.75) is 217 Å². The first-order valence-corrected chi connectivity index (χ1v) is 48.5. The highest BCUT2D eigenvalue weighted by Gasteiger charge is 2.54. The van der Waals surface area contributed by atoms with Crippen LogP contribution in [0.4, 0.5) is 26.9 Å². The molecule has 0 radical (unpaired) electrons. The first-order chi connectivity index (χ1) is 64.6. The zero-order valence-electron chi connectivity index (χ0n) is 78.6. The Kier molecular flexibility index (Phi) is 36.6. The fourth-order valence-electron chi connectivity index (χ4n) is 18.6. The van der Waals surface area contributed by atoms with Gasteiger partial charge >= 0.3 is 12.1 Å². The lowest BCUT2D eigenvalue weighted by Crippen LogP contribution is -2.61. The fraction of sp³-hybridized carbons (Fsp3) is 0.577. The largest absolute Gasteiger partial charge is 0.491 e. The number of piperidine rings is 1. The Bertz CT molecular complexity index is 5180. The Morgan fingerprint density at radius 3 is 2.13 bits per heavy atom. The number of rotatable bonds is 23. The van der Waals surface area contributed by atoms with Crippen molar-refractivity contribution < 1.29 is 105 Å². The van der Waals surface area contributed by atoms with Gasteiger partial charge in [0, 0.05) is 189 Å². The summed E-state index contributed by atoms with van der Waals surface area (Å²) in [6.45, 7) is 17.8. The van der Waals surface area contributed by atoms with Gasteiger partial charge in [-0.25, -0.2) is 47.3 Å². The summed E-state index contributed by atoms with van der Waals surface area (Å²) in [5.74, 6) is -9.60. The average molecular weight is 1900 g/mol. The number of hydrogen-bond donors (Lipinski definition) is 8. The molecule has 12 rings (SSSR count). The van der Waals surface area contributed by atoms with E-state index in [4.69, 9.17) is 44.6 Å². The number of benzene rings is 2. The molecule has 36 nitrogen and oxygen atoms in total. The molecule has 135 heavy (non-hydrogen) atoms. The number of esters is 1. The van der Waals surface area contributed by atoms with Crippen molar-refractivity contribution in [3.8, 4) is 16.9 Å². The second kappa shape index (κ2) is 47.9. The molecule has 1 saturated carbocycles. The normalized spacial score (nSPS) is 28.1. The van der Waals surface area contributed by atoms with Crippen molar-refractivity contribution in [3.05, 3.63) is 155 Å². The summed E-state index contributed by atoms with van der Waals surface area (Å²) in [6.07, 6.45) is 13.5. The van der Waals surface area contributed by atoms with E-state index in [0.717, 1.165) is 33.2 Å². The topological polar surface area (TPSA) is 476 Å². The number of allylic oxidation sites excluding steroid dienone is 5. The van der Waals surface area contributed by atoms with E-state index in [0.29, 0.717) is 146 Å². The number of ether oxygens (including phenoxy) is 7. The number of fused-ring (bicyclic) bond motifs is 4. The second-order valence-corrected chi connectivity index (χ2v) is 38.8. The molecule has 2 aromatic carbocycles. The van der Waals surface area contributed by atoms with E-state index in [-0.39, 0.29) is 118 Å². The number of aliphatic hydroxyl groups is 4. The van der Waals surface area contributed by atoms with Gasteiger partial charge in [0.25, 0.3) is 23.5 Å². The lowest BCUT2D eigenvalue weighted by atomic mass is 9.80. The maximum atomic E-state index is 16.0. The lowest BCUT2D eigenvalue weighted by Gasteiger charge is -2.42. The summed E-state index contributed by atoms with van der Waals surface area (Å²) in [5.41, 5.74) is 16.9. The van der Waals surface area contributed by atoms with Gasteiger partial charge in [0.15, 0.2) is 15.6 Å². The smallest absolute Gasteiger partial charge is 0.407 e. The predicted octanol–water partition coefficient (Wildman–Crippen LogP) is 6.73. The van der Waals surface area contributed by atoms with E-state index < -0.39 is 152 Å². The zero-order chi connectivity index (χ0) is 97.0. The fourth-order valence-corrected chi connectivity index (χ4v) is 19.9. The van der Waals surface area contributed by atoms with E-state index >= 15 is 4.39 Å². The number of nitrogens with one attached hydrogen (secondary N) is 2. The molecule has 5 aromatic rings. The summed E-state index contributed by atoms with van der Waals surface area (Å²) in [4.78, 5) is 144. The van der Waals surface area contributed by atoms with Gasteiger partial charge in [0.2, 0.25) is 23.6 Å². The number of cyclic esters (lactones) is 1. The highest BCUT2D eigenvalue weighted by Crippen LogP contribution is 2.39. The second-order valence-electron chi connectivity index (χ2n) is 36.7. The first-order valence-electron chi connectivity index (χ1n) is 46.9. The van der Waals surface area contributed by atoms with Crippen LogP contribution in [0.25, 0.3) is 11.1 Å². The molecule has 6 aliphatic heterocycles. The number of anilines is 3. The Morgan fingerprint density at radius 1 is 0.719 bits per heavy atom. The quantitative estimate of drug-likeness (QED) is 0.0145. The number of pyridine rings is 1. The summed E-state index contributed by atoms with van der Waals surface area (Å²) < 4.78 is 85.2. The van der Waals surface area contributed by atoms with Crippen LogP contribution in [0.5, 0.6) is 5.75 Å². The number of hydrogen-bond acceptors (Lipinski definition) is 31. The number of aliphatic hydroxyl groups excluding tert-OH is 3. The molecule has 4 saturated heterocycles. The molecule has 9 heterocycles. The van der Waals surface area contributed by atoms with Crippen LogP contribution in [0.15, 0.2) is 126 Å². The van der Waals surface area contributed by atoms with Gasteiger partial charge in [0.05, 0.1) is 61.9 Å². The van der Waals surface area contributed by atoms with Crippen molar-refractivity contribution in [1.29, 1.82) is 0 Å². The number of methoxy groups -OCH3 is 2. The Labute approximate surface area is 788 Å². The number of carbonyl (C=O) groups excluding carboxylic acids is 8. The standard InChI is InChI=1S/C97H132FN15O21S/c1-59-15-11-10-12-16-60(2)79(128-8)50-72-22-18-64(6)97(125,134-72)89(119)92(122)113-30-14-13-17-75(113)93(123)132-80(51-76(114)61(3)46-63(5)87(117)88(118)86(116)62(4)45-59)74(99)47-66-19-24-78(81(48-66)129-9)133-96(124)107-54-67-52-103-94(104-53-67)111-37-35-109(36-38-111)84(115)28-41-130-42-39-108-31-33-110(34-32-108)95-105-56-71(57-106-95)90(120)101-29-44-135(126,127)82-26-23-73(65(7)85(82)98)91(121)112-40-43-131-77-25-20-68(49-70(77)58-112)69-21-27-83(100)102-55-69/h10-12,15-16,20-21,23,25-27,46,49,52-53,55-57,59,61-62,64,66,72,74-76,78-81,87-88,114,117-118,125H,13-14,17-19,22,24,28-45,47-48,50-51,54,58,99H2,1-9H3,(H2,100,102)(H,101,120)(H,107,124)/b12-10+,15-11+,60-16+,63-46+/t59-,61-,62-,64-,66+,72+,74-,75+,76-,78-,79+,80+,81-,87-,88+,97-/m1/s1. The summed E-state index contributed by atoms with van der Waals surface area (Å²) in [5, 5.41) is 52.1. The van der Waals surface area contributed by atoms with E-state index in [1.54, 1.807) is 70.4 Å². The molecule has 7 aliphatic rings. The molecule has 0 unspecified atom stereocenters. The highest BCUT2D eigenvalue weighted by molar-refractivity contribution is 7.91. The number of nitrogens with two attached hydrogens (primary N) is 2. The van der Waals surface area contributed by atoms with E-state index in [1.165, 1.54) is 37.4 Å². The van der Waals surface area contributed by atoms with Gasteiger partial charge in [-0.3, -0.25) is 33.7 Å². The van der Waals surface area contributed by atoms with E-state index in [1.807, 2.05) is 78.3 Å². The van der Waals surface area contributed by atoms with Crippen molar-refractivity contribution in [2.75, 3.05) is 134 Å². The summed E-state index contributed by atoms with van der Waals surface area (Å²) >= 11 is 0. The van der Waals surface area contributed by atoms with Gasteiger partial charge in [-0.2, -0.15) is 0 Å². The summed E-state index contributed by atoms with van der Waals surface area (Å²) in [7, 11) is -1.21. The van der Waals surface area contributed by atoms with Crippen LogP contribution in [-0.4, -0.2) is 306 Å². The Hall–Kier alpha value is -10.7. The van der Waals surface area contributed by atoms with Crippen LogP contribution >= 0.6 is 0 Å². The number of amides is 5. The minimum Gasteiger partial charge on any atom is -0.491 e. The molecule has 38 heteroatoms. The number of carbonyl (C=O) groups is 8. The average Bonchev–Trinajstić information content (AvgIpc) is 1.11.